The zero-order chi connectivity index (χ0) is 10.6. The van der Waals surface area contributed by atoms with Gasteiger partial charge in [0.05, 0.1) is 5.41 Å². The molecule has 0 heterocycles. The molecule has 1 aromatic carbocycles. The molecule has 0 aliphatic carbocycles. The van der Waals surface area contributed by atoms with Crippen LogP contribution in [-0.2, 0) is 11.2 Å². The van der Waals surface area contributed by atoms with Gasteiger partial charge in [-0.1, -0.05) is 46.3 Å². The Morgan fingerprint density at radius 3 is 2.43 bits per heavy atom. The molecule has 0 aromatic heterocycles. The smallest absolute Gasteiger partial charge is 0.310 e. The summed E-state index contributed by atoms with van der Waals surface area (Å²) in [4.78, 5) is 11.0. The average Bonchev–Trinajstić information content (AvgIpc) is 2.19. The third kappa shape index (κ3) is 2.58. The van der Waals surface area contributed by atoms with Gasteiger partial charge in [0.15, 0.2) is 0 Å². The summed E-state index contributed by atoms with van der Waals surface area (Å²) in [6, 6.07) is 9.67. The van der Waals surface area contributed by atoms with E-state index in [-0.39, 0.29) is 0 Å². The summed E-state index contributed by atoms with van der Waals surface area (Å²) >= 11 is 3.25. The fourth-order valence-electron chi connectivity index (χ4n) is 1.23. The number of carboxylic acids is 1. The van der Waals surface area contributed by atoms with Gasteiger partial charge in [-0.2, -0.15) is 0 Å². The van der Waals surface area contributed by atoms with E-state index in [2.05, 4.69) is 15.9 Å². The lowest BCUT2D eigenvalue weighted by Gasteiger charge is -2.21. The maximum absolute atomic E-state index is 11.0. The molecule has 2 nitrogen and oxygen atoms in total. The summed E-state index contributed by atoms with van der Waals surface area (Å²) in [6.45, 7) is 1.75. The van der Waals surface area contributed by atoms with Gasteiger partial charge >= 0.3 is 5.97 Å². The molecule has 0 spiro atoms. The number of benzene rings is 1. The summed E-state index contributed by atoms with van der Waals surface area (Å²) < 4.78 is 0. The fourth-order valence-corrected chi connectivity index (χ4v) is 1.66. The number of alkyl halides is 1. The molecule has 1 rings (SSSR count). The maximum atomic E-state index is 11.0. The Labute approximate surface area is 92.1 Å². The van der Waals surface area contributed by atoms with Gasteiger partial charge in [0.2, 0.25) is 0 Å². The van der Waals surface area contributed by atoms with Gasteiger partial charge in [-0.25, -0.2) is 0 Å². The summed E-state index contributed by atoms with van der Waals surface area (Å²) in [5, 5.41) is 9.53. The van der Waals surface area contributed by atoms with Gasteiger partial charge < -0.3 is 5.11 Å². The van der Waals surface area contributed by atoms with Gasteiger partial charge in [-0.3, -0.25) is 4.79 Å². The normalized spacial score (nSPS) is 14.7. The van der Waals surface area contributed by atoms with Crippen LogP contribution in [-0.4, -0.2) is 16.4 Å². The van der Waals surface area contributed by atoms with Crippen LogP contribution in [0.3, 0.4) is 0 Å². The second-order valence-electron chi connectivity index (χ2n) is 3.66. The van der Waals surface area contributed by atoms with Crippen LogP contribution in [0.1, 0.15) is 12.5 Å². The van der Waals surface area contributed by atoms with Crippen LogP contribution in [0.5, 0.6) is 0 Å². The van der Waals surface area contributed by atoms with E-state index in [4.69, 9.17) is 5.11 Å². The fraction of sp³-hybridized carbons (Fsp3) is 0.364. The first-order valence-electron chi connectivity index (χ1n) is 4.42. The SMILES string of the molecule is CC(CBr)(Cc1ccccc1)C(=O)O. The Balaban J connectivity index is 2.81. The molecule has 1 aromatic rings. The predicted molar refractivity (Wildman–Crippen MR) is 59.7 cm³/mol. The average molecular weight is 257 g/mol. The molecular formula is C11H13BrO2. The number of carboxylic acid groups (broad SMARTS) is 1. The van der Waals surface area contributed by atoms with Crippen LogP contribution in [0, 0.1) is 5.41 Å². The Kier molecular flexibility index (Phi) is 3.69. The Hall–Kier alpha value is -0.830. The van der Waals surface area contributed by atoms with Crippen LogP contribution >= 0.6 is 15.9 Å². The van der Waals surface area contributed by atoms with E-state index >= 15 is 0 Å². The van der Waals surface area contributed by atoms with Gasteiger partial charge in [0.25, 0.3) is 0 Å². The molecular weight excluding hydrogens is 244 g/mol. The van der Waals surface area contributed by atoms with Gasteiger partial charge in [-0.15, -0.1) is 0 Å². The standard InChI is InChI=1S/C11H13BrO2/c1-11(8-12,10(13)14)7-9-5-3-2-4-6-9/h2-6H,7-8H2,1H3,(H,13,14). The molecule has 0 aliphatic heterocycles. The van der Waals surface area contributed by atoms with Crippen molar-refractivity contribution in [2.24, 2.45) is 5.41 Å². The zero-order valence-electron chi connectivity index (χ0n) is 8.03. The molecule has 0 fully saturated rings. The van der Waals surface area contributed by atoms with Crippen LogP contribution in [0.4, 0.5) is 0 Å². The summed E-state index contributed by atoms with van der Waals surface area (Å²) in [5.74, 6) is -0.766. The van der Waals surface area contributed by atoms with E-state index in [1.54, 1.807) is 6.92 Å². The van der Waals surface area contributed by atoms with E-state index < -0.39 is 11.4 Å². The quantitative estimate of drug-likeness (QED) is 0.842. The third-order valence-electron chi connectivity index (χ3n) is 2.25. The highest BCUT2D eigenvalue weighted by Crippen LogP contribution is 2.25. The molecule has 1 N–H and O–H groups in total. The van der Waals surface area contributed by atoms with Crippen molar-refractivity contribution in [1.29, 1.82) is 0 Å². The van der Waals surface area contributed by atoms with Crippen molar-refractivity contribution in [2.75, 3.05) is 5.33 Å². The lowest BCUT2D eigenvalue weighted by atomic mass is 9.86. The van der Waals surface area contributed by atoms with Crippen LogP contribution in [0.15, 0.2) is 30.3 Å². The number of aliphatic carboxylic acids is 1. The highest BCUT2D eigenvalue weighted by Gasteiger charge is 2.31. The Bertz CT molecular complexity index is 310. The first-order chi connectivity index (χ1) is 6.58. The molecule has 1 atom stereocenters. The van der Waals surface area contributed by atoms with Crippen molar-refractivity contribution < 1.29 is 9.90 Å². The molecule has 0 saturated carbocycles. The number of carbonyl (C=O) groups is 1. The molecule has 0 amide bonds. The van der Waals surface area contributed by atoms with Crippen molar-refractivity contribution in [3.63, 3.8) is 0 Å². The first kappa shape index (κ1) is 11.2. The van der Waals surface area contributed by atoms with Crippen LogP contribution in [0.2, 0.25) is 0 Å². The molecule has 0 saturated heterocycles. The minimum Gasteiger partial charge on any atom is -0.481 e. The van der Waals surface area contributed by atoms with Gasteiger partial charge in [0.1, 0.15) is 0 Å². The maximum Gasteiger partial charge on any atom is 0.310 e. The first-order valence-corrected chi connectivity index (χ1v) is 5.54. The topological polar surface area (TPSA) is 37.3 Å². The molecule has 1 unspecified atom stereocenters. The Morgan fingerprint density at radius 2 is 2.00 bits per heavy atom. The van der Waals surface area contributed by atoms with Crippen molar-refractivity contribution >= 4 is 21.9 Å². The van der Waals surface area contributed by atoms with Crippen molar-refractivity contribution in [2.45, 2.75) is 13.3 Å². The third-order valence-corrected chi connectivity index (χ3v) is 3.49. The molecule has 0 radical (unpaired) electrons. The highest BCUT2D eigenvalue weighted by molar-refractivity contribution is 9.09. The molecule has 76 valence electrons. The van der Waals surface area contributed by atoms with Crippen molar-refractivity contribution in [1.82, 2.24) is 0 Å². The van der Waals surface area contributed by atoms with E-state index in [0.29, 0.717) is 11.8 Å². The summed E-state index contributed by atoms with van der Waals surface area (Å²) in [5.41, 5.74) is 0.332. The van der Waals surface area contributed by atoms with E-state index in [1.807, 2.05) is 30.3 Å². The second-order valence-corrected chi connectivity index (χ2v) is 4.22. The number of rotatable bonds is 4. The number of hydrogen-bond donors (Lipinski definition) is 1. The lowest BCUT2D eigenvalue weighted by Crippen LogP contribution is -2.31. The number of halogens is 1. The largest absolute Gasteiger partial charge is 0.481 e. The van der Waals surface area contributed by atoms with E-state index in [1.165, 1.54) is 0 Å². The monoisotopic (exact) mass is 256 g/mol. The predicted octanol–water partition coefficient (Wildman–Crippen LogP) is 2.71. The minimum absolute atomic E-state index is 0.463. The van der Waals surface area contributed by atoms with Gasteiger partial charge in [0, 0.05) is 5.33 Å². The lowest BCUT2D eigenvalue weighted by molar-refractivity contribution is -0.146. The van der Waals surface area contributed by atoms with Gasteiger partial charge in [-0.05, 0) is 18.9 Å². The second kappa shape index (κ2) is 4.60. The van der Waals surface area contributed by atoms with Crippen molar-refractivity contribution in [3.8, 4) is 0 Å². The highest BCUT2D eigenvalue weighted by atomic mass is 79.9. The van der Waals surface area contributed by atoms with Crippen LogP contribution < -0.4 is 0 Å². The summed E-state index contributed by atoms with van der Waals surface area (Å²) in [6.07, 6.45) is 0.550. The molecule has 0 aliphatic rings. The summed E-state index contributed by atoms with van der Waals surface area (Å²) in [7, 11) is 0. The van der Waals surface area contributed by atoms with E-state index in [0.717, 1.165) is 5.56 Å². The van der Waals surface area contributed by atoms with E-state index in [9.17, 15) is 4.79 Å². The zero-order valence-corrected chi connectivity index (χ0v) is 9.62. The molecule has 3 heteroatoms. The van der Waals surface area contributed by atoms with Crippen LogP contribution in [0.25, 0.3) is 0 Å². The molecule has 14 heavy (non-hydrogen) atoms. The Morgan fingerprint density at radius 1 is 1.43 bits per heavy atom. The number of hydrogen-bond acceptors (Lipinski definition) is 1. The van der Waals surface area contributed by atoms with Crippen molar-refractivity contribution in [3.05, 3.63) is 35.9 Å². The minimum atomic E-state index is -0.766. The molecule has 0 bridgehead atoms.